The summed E-state index contributed by atoms with van der Waals surface area (Å²) in [6.45, 7) is -0.647. The highest BCUT2D eigenvalue weighted by atomic mass is 35.5. The standard InChI is InChI=1S/C12H14ClF3N2O2/c13-11-17-9(5-19-4-8-1-2-8)3-10(18-11)6-20-7-12(14,15)16/h3,8H,1-2,4-7H2. The molecule has 0 unspecified atom stereocenters. The van der Waals surface area contributed by atoms with Gasteiger partial charge in [0.2, 0.25) is 5.28 Å². The highest BCUT2D eigenvalue weighted by Gasteiger charge is 2.27. The lowest BCUT2D eigenvalue weighted by molar-refractivity contribution is -0.176. The molecule has 1 aromatic heterocycles. The third-order valence-corrected chi connectivity index (χ3v) is 2.79. The van der Waals surface area contributed by atoms with Gasteiger partial charge in [-0.1, -0.05) is 0 Å². The molecule has 1 fully saturated rings. The second kappa shape index (κ2) is 6.69. The normalized spacial score (nSPS) is 15.6. The van der Waals surface area contributed by atoms with Gasteiger partial charge in [0.05, 0.1) is 24.6 Å². The van der Waals surface area contributed by atoms with E-state index in [0.717, 1.165) is 0 Å². The minimum atomic E-state index is -4.35. The Balaban J connectivity index is 1.83. The summed E-state index contributed by atoms with van der Waals surface area (Å²) in [7, 11) is 0. The van der Waals surface area contributed by atoms with Crippen LogP contribution in [-0.4, -0.2) is 29.4 Å². The second-order valence-electron chi connectivity index (χ2n) is 4.69. The van der Waals surface area contributed by atoms with Crippen molar-refractivity contribution in [2.75, 3.05) is 13.2 Å². The zero-order valence-electron chi connectivity index (χ0n) is 10.6. The fraction of sp³-hybridized carbons (Fsp3) is 0.667. The fourth-order valence-electron chi connectivity index (χ4n) is 1.55. The van der Waals surface area contributed by atoms with Crippen LogP contribution < -0.4 is 0 Å². The summed E-state index contributed by atoms with van der Waals surface area (Å²) >= 11 is 5.72. The third-order valence-electron chi connectivity index (χ3n) is 2.62. The molecule has 1 saturated carbocycles. The molecule has 0 bridgehead atoms. The van der Waals surface area contributed by atoms with Crippen LogP contribution in [0.15, 0.2) is 6.07 Å². The van der Waals surface area contributed by atoms with Gasteiger partial charge in [0.15, 0.2) is 0 Å². The zero-order chi connectivity index (χ0) is 14.6. The van der Waals surface area contributed by atoms with E-state index in [1.165, 1.54) is 18.9 Å². The van der Waals surface area contributed by atoms with Crippen molar-refractivity contribution in [1.82, 2.24) is 9.97 Å². The first kappa shape index (κ1) is 15.5. The Hall–Kier alpha value is -0.920. The van der Waals surface area contributed by atoms with E-state index in [0.29, 0.717) is 23.9 Å². The van der Waals surface area contributed by atoms with E-state index in [2.05, 4.69) is 14.7 Å². The Morgan fingerprint density at radius 1 is 1.15 bits per heavy atom. The maximum absolute atomic E-state index is 12.0. The molecule has 8 heteroatoms. The summed E-state index contributed by atoms with van der Waals surface area (Å²) in [5, 5.41) is -0.0249. The predicted molar refractivity (Wildman–Crippen MR) is 65.1 cm³/mol. The molecule has 0 atom stereocenters. The van der Waals surface area contributed by atoms with E-state index in [-0.39, 0.29) is 18.5 Å². The number of nitrogens with zero attached hydrogens (tertiary/aromatic N) is 2. The van der Waals surface area contributed by atoms with Crippen LogP contribution in [0.3, 0.4) is 0 Å². The van der Waals surface area contributed by atoms with Gasteiger partial charge in [-0.3, -0.25) is 0 Å². The Bertz CT molecular complexity index is 453. The quantitative estimate of drug-likeness (QED) is 0.726. The van der Waals surface area contributed by atoms with Gasteiger partial charge < -0.3 is 9.47 Å². The summed E-state index contributed by atoms with van der Waals surface area (Å²) in [6, 6.07) is 1.54. The molecule has 0 amide bonds. The molecule has 0 N–H and O–H groups in total. The molecule has 0 radical (unpaired) electrons. The van der Waals surface area contributed by atoms with Gasteiger partial charge in [-0.05, 0) is 36.4 Å². The lowest BCUT2D eigenvalue weighted by atomic mass is 10.3. The van der Waals surface area contributed by atoms with Crippen molar-refractivity contribution in [3.63, 3.8) is 0 Å². The lowest BCUT2D eigenvalue weighted by Gasteiger charge is -2.08. The maximum atomic E-state index is 12.0. The Morgan fingerprint density at radius 3 is 2.30 bits per heavy atom. The number of rotatable bonds is 7. The first-order chi connectivity index (χ1) is 9.42. The minimum absolute atomic E-state index is 0.0249. The zero-order valence-corrected chi connectivity index (χ0v) is 11.4. The summed E-state index contributed by atoms with van der Waals surface area (Å²) < 4.78 is 45.9. The third kappa shape index (κ3) is 6.02. The molecule has 1 aromatic rings. The van der Waals surface area contributed by atoms with Gasteiger partial charge in [-0.25, -0.2) is 9.97 Å². The molecule has 0 saturated heterocycles. The van der Waals surface area contributed by atoms with Gasteiger partial charge >= 0.3 is 6.18 Å². The lowest BCUT2D eigenvalue weighted by Crippen LogP contribution is -2.17. The van der Waals surface area contributed by atoms with Crippen LogP contribution in [0.2, 0.25) is 5.28 Å². The molecular formula is C12H14ClF3N2O2. The van der Waals surface area contributed by atoms with Crippen molar-refractivity contribution in [2.24, 2.45) is 5.92 Å². The molecule has 1 aliphatic rings. The summed E-state index contributed by atoms with van der Waals surface area (Å²) in [4.78, 5) is 7.77. The van der Waals surface area contributed by atoms with E-state index in [9.17, 15) is 13.2 Å². The fourth-order valence-corrected chi connectivity index (χ4v) is 1.77. The van der Waals surface area contributed by atoms with Gasteiger partial charge in [0.25, 0.3) is 0 Å². The SMILES string of the molecule is FC(F)(F)COCc1cc(COCC2CC2)nc(Cl)n1. The largest absolute Gasteiger partial charge is 0.411 e. The second-order valence-corrected chi connectivity index (χ2v) is 5.02. The van der Waals surface area contributed by atoms with Crippen LogP contribution in [0.1, 0.15) is 24.2 Å². The van der Waals surface area contributed by atoms with Crippen molar-refractivity contribution in [3.8, 4) is 0 Å². The van der Waals surface area contributed by atoms with E-state index in [1.54, 1.807) is 0 Å². The van der Waals surface area contributed by atoms with E-state index in [4.69, 9.17) is 16.3 Å². The molecule has 112 valence electrons. The van der Waals surface area contributed by atoms with Crippen molar-refractivity contribution in [3.05, 3.63) is 22.7 Å². The minimum Gasteiger partial charge on any atom is -0.375 e. The van der Waals surface area contributed by atoms with Gasteiger partial charge in [0, 0.05) is 6.61 Å². The average molecular weight is 311 g/mol. The molecule has 0 spiro atoms. The maximum Gasteiger partial charge on any atom is 0.411 e. The smallest absolute Gasteiger partial charge is 0.375 e. The monoisotopic (exact) mass is 310 g/mol. The van der Waals surface area contributed by atoms with Crippen molar-refractivity contribution >= 4 is 11.6 Å². The number of hydrogen-bond donors (Lipinski definition) is 0. The number of hydrogen-bond acceptors (Lipinski definition) is 4. The topological polar surface area (TPSA) is 44.2 Å². The number of halogens is 4. The molecule has 2 rings (SSSR count). The van der Waals surface area contributed by atoms with E-state index >= 15 is 0 Å². The van der Waals surface area contributed by atoms with Crippen molar-refractivity contribution in [2.45, 2.75) is 32.2 Å². The highest BCUT2D eigenvalue weighted by molar-refractivity contribution is 6.28. The number of alkyl halides is 3. The summed E-state index contributed by atoms with van der Waals surface area (Å²) in [6.07, 6.45) is -1.99. The highest BCUT2D eigenvalue weighted by Crippen LogP contribution is 2.29. The van der Waals surface area contributed by atoms with Crippen LogP contribution in [-0.2, 0) is 22.7 Å². The molecule has 1 aliphatic carbocycles. The van der Waals surface area contributed by atoms with Crippen molar-refractivity contribution < 1.29 is 22.6 Å². The van der Waals surface area contributed by atoms with E-state index < -0.39 is 12.8 Å². The van der Waals surface area contributed by atoms with Crippen LogP contribution in [0.25, 0.3) is 0 Å². The molecule has 4 nitrogen and oxygen atoms in total. The Kier molecular flexibility index (Phi) is 5.17. The van der Waals surface area contributed by atoms with Crippen LogP contribution in [0.4, 0.5) is 13.2 Å². The number of ether oxygens (including phenoxy) is 2. The number of aromatic nitrogens is 2. The first-order valence-electron chi connectivity index (χ1n) is 6.17. The van der Waals surface area contributed by atoms with Crippen LogP contribution >= 0.6 is 11.6 Å². The first-order valence-corrected chi connectivity index (χ1v) is 6.55. The van der Waals surface area contributed by atoms with Crippen LogP contribution in [0, 0.1) is 5.92 Å². The molecule has 0 aliphatic heterocycles. The van der Waals surface area contributed by atoms with E-state index in [1.807, 2.05) is 0 Å². The van der Waals surface area contributed by atoms with Gasteiger partial charge in [-0.15, -0.1) is 0 Å². The Morgan fingerprint density at radius 2 is 1.75 bits per heavy atom. The molecular weight excluding hydrogens is 297 g/mol. The molecule has 20 heavy (non-hydrogen) atoms. The predicted octanol–water partition coefficient (Wildman–Crippen LogP) is 3.14. The summed E-state index contributed by atoms with van der Waals surface area (Å²) in [5.74, 6) is 0.627. The van der Waals surface area contributed by atoms with Gasteiger partial charge in [-0.2, -0.15) is 13.2 Å². The molecule has 1 heterocycles. The average Bonchev–Trinajstić information content (AvgIpc) is 3.10. The van der Waals surface area contributed by atoms with Crippen LogP contribution in [0.5, 0.6) is 0 Å². The molecule has 0 aromatic carbocycles. The Labute approximate surface area is 119 Å². The summed E-state index contributed by atoms with van der Waals surface area (Å²) in [5.41, 5.74) is 0.843. The van der Waals surface area contributed by atoms with Gasteiger partial charge in [0.1, 0.15) is 6.61 Å². The van der Waals surface area contributed by atoms with Crippen molar-refractivity contribution in [1.29, 1.82) is 0 Å².